The molecule has 0 spiro atoms. The number of nitrogens with zero attached hydrogens (tertiary/aromatic N) is 3. The van der Waals surface area contributed by atoms with Gasteiger partial charge in [0.15, 0.2) is 11.5 Å². The number of amides is 1. The fraction of sp³-hybridized carbons (Fsp3) is 0.462. The summed E-state index contributed by atoms with van der Waals surface area (Å²) >= 11 is 0. The third-order valence-corrected chi connectivity index (χ3v) is 6.26. The van der Waals surface area contributed by atoms with Crippen LogP contribution in [-0.2, 0) is 17.5 Å². The molecule has 11 heteroatoms. The monoisotopic (exact) mass is 521 g/mol. The van der Waals surface area contributed by atoms with E-state index in [9.17, 15) is 22.8 Å². The third kappa shape index (κ3) is 5.40. The van der Waals surface area contributed by atoms with Gasteiger partial charge in [-0.3, -0.25) is 9.13 Å². The number of halogens is 3. The minimum Gasteiger partial charge on any atom is -0.493 e. The number of likely N-dealkylation sites (tertiary alicyclic amines) is 1. The Morgan fingerprint density at radius 2 is 1.70 bits per heavy atom. The van der Waals surface area contributed by atoms with Crippen LogP contribution in [0.4, 0.5) is 18.0 Å². The first kappa shape index (κ1) is 26.4. The number of benzene rings is 2. The van der Waals surface area contributed by atoms with Crippen molar-refractivity contribution < 1.29 is 32.2 Å². The van der Waals surface area contributed by atoms with E-state index in [-0.39, 0.29) is 18.6 Å². The Morgan fingerprint density at radius 3 is 2.32 bits per heavy atom. The van der Waals surface area contributed by atoms with E-state index in [1.165, 1.54) is 34.3 Å². The molecule has 1 aliphatic heterocycles. The number of methoxy groups -OCH3 is 2. The van der Waals surface area contributed by atoms with Gasteiger partial charge in [0, 0.05) is 13.1 Å². The van der Waals surface area contributed by atoms with Gasteiger partial charge < -0.3 is 19.1 Å². The van der Waals surface area contributed by atoms with Crippen molar-refractivity contribution in [1.29, 1.82) is 0 Å². The summed E-state index contributed by atoms with van der Waals surface area (Å²) in [6, 6.07) is 7.96. The van der Waals surface area contributed by atoms with E-state index in [0.29, 0.717) is 35.5 Å². The summed E-state index contributed by atoms with van der Waals surface area (Å²) < 4.78 is 59.5. The minimum atomic E-state index is -4.57. The maximum absolute atomic E-state index is 13.7. The normalized spacial score (nSPS) is 16.3. The number of imidazole rings is 1. The average molecular weight is 522 g/mol. The topological polar surface area (TPSA) is 74.9 Å². The van der Waals surface area contributed by atoms with Gasteiger partial charge in [-0.15, -0.1) is 0 Å². The fourth-order valence-corrected chi connectivity index (χ4v) is 4.57. The summed E-state index contributed by atoms with van der Waals surface area (Å²) in [7, 11) is 2.97. The third-order valence-electron chi connectivity index (χ3n) is 6.26. The molecule has 0 saturated carbocycles. The van der Waals surface area contributed by atoms with Crippen molar-refractivity contribution in [1.82, 2.24) is 14.0 Å². The van der Waals surface area contributed by atoms with Crippen LogP contribution in [0.5, 0.6) is 11.5 Å². The minimum absolute atomic E-state index is 0.0203. The summed E-state index contributed by atoms with van der Waals surface area (Å²) in [5.74, 6) is 0.935. The SMILES string of the molecule is COc1ccc(Cn2c(=O)n([C@H]3CCN(C(=O)OC(C)(C)C)C3)c3ccc(C(F)(F)F)cc32)cc1OC. The molecule has 1 fully saturated rings. The van der Waals surface area contributed by atoms with Crippen molar-refractivity contribution in [3.05, 3.63) is 58.0 Å². The summed E-state index contributed by atoms with van der Waals surface area (Å²) in [6.07, 6.45) is -4.59. The Balaban J connectivity index is 1.77. The van der Waals surface area contributed by atoms with Gasteiger partial charge in [-0.05, 0) is 63.1 Å². The highest BCUT2D eigenvalue weighted by Crippen LogP contribution is 2.34. The Labute approximate surface area is 212 Å². The summed E-state index contributed by atoms with van der Waals surface area (Å²) in [4.78, 5) is 27.8. The lowest BCUT2D eigenvalue weighted by Gasteiger charge is -2.24. The molecule has 0 aliphatic carbocycles. The zero-order chi connectivity index (χ0) is 27.1. The molecule has 37 heavy (non-hydrogen) atoms. The maximum Gasteiger partial charge on any atom is 0.416 e. The Morgan fingerprint density at radius 1 is 1.00 bits per heavy atom. The number of rotatable bonds is 5. The number of hydrogen-bond donors (Lipinski definition) is 0. The molecule has 8 nitrogen and oxygen atoms in total. The van der Waals surface area contributed by atoms with E-state index >= 15 is 0 Å². The van der Waals surface area contributed by atoms with Gasteiger partial charge in [0.05, 0.1) is 43.4 Å². The number of carbonyl (C=O) groups excluding carboxylic acids is 1. The second-order valence-electron chi connectivity index (χ2n) is 10.00. The molecule has 0 unspecified atom stereocenters. The quantitative estimate of drug-likeness (QED) is 0.469. The molecule has 200 valence electrons. The second-order valence-corrected chi connectivity index (χ2v) is 10.00. The van der Waals surface area contributed by atoms with Crippen LogP contribution in [0, 0.1) is 0 Å². The van der Waals surface area contributed by atoms with Crippen molar-refractivity contribution >= 4 is 17.1 Å². The summed E-state index contributed by atoms with van der Waals surface area (Å²) in [6.45, 7) is 5.90. The van der Waals surface area contributed by atoms with Gasteiger partial charge >= 0.3 is 18.0 Å². The summed E-state index contributed by atoms with van der Waals surface area (Å²) in [5, 5.41) is 0. The predicted molar refractivity (Wildman–Crippen MR) is 131 cm³/mol. The van der Waals surface area contributed by atoms with Gasteiger partial charge in [-0.1, -0.05) is 6.07 Å². The molecule has 1 aliphatic rings. The molecule has 4 rings (SSSR count). The number of fused-ring (bicyclic) bond motifs is 1. The maximum atomic E-state index is 13.7. The van der Waals surface area contributed by atoms with E-state index in [2.05, 4.69) is 0 Å². The highest BCUT2D eigenvalue weighted by atomic mass is 19.4. The second kappa shape index (κ2) is 9.68. The molecule has 1 aromatic heterocycles. The van der Waals surface area contributed by atoms with E-state index < -0.39 is 35.2 Å². The molecule has 0 N–H and O–H groups in total. The summed E-state index contributed by atoms with van der Waals surface area (Å²) in [5.41, 5.74) is -0.798. The van der Waals surface area contributed by atoms with Gasteiger partial charge in [-0.25, -0.2) is 9.59 Å². The molecule has 1 amide bonds. The molecule has 0 radical (unpaired) electrons. The Bertz CT molecular complexity index is 1370. The van der Waals surface area contributed by atoms with Crippen LogP contribution in [-0.4, -0.2) is 53.0 Å². The lowest BCUT2D eigenvalue weighted by Crippen LogP contribution is -2.36. The molecular formula is C26H30F3N3O5. The van der Waals surface area contributed by atoms with E-state index in [0.717, 1.165) is 12.1 Å². The zero-order valence-electron chi connectivity index (χ0n) is 21.4. The van der Waals surface area contributed by atoms with Gasteiger partial charge in [0.25, 0.3) is 0 Å². The van der Waals surface area contributed by atoms with E-state index in [1.54, 1.807) is 39.0 Å². The van der Waals surface area contributed by atoms with Crippen molar-refractivity contribution in [2.45, 2.75) is 51.6 Å². The Kier molecular flexibility index (Phi) is 6.91. The van der Waals surface area contributed by atoms with Crippen LogP contribution >= 0.6 is 0 Å². The number of carbonyl (C=O) groups is 1. The van der Waals surface area contributed by atoms with Crippen LogP contribution in [0.1, 0.15) is 44.4 Å². The molecular weight excluding hydrogens is 491 g/mol. The number of ether oxygens (including phenoxy) is 3. The standard InChI is InChI=1S/C26H30F3N3O5/c1-25(2,3)37-24(34)30-11-10-18(15-30)32-19-8-7-17(26(27,28)29)13-20(19)31(23(32)33)14-16-6-9-21(35-4)22(12-16)36-5/h6-9,12-13,18H,10-11,14-15H2,1-5H3/t18-/m0/s1. The first-order valence-electron chi connectivity index (χ1n) is 11.8. The van der Waals surface area contributed by atoms with Gasteiger partial charge in [0.2, 0.25) is 0 Å². The van der Waals surface area contributed by atoms with Crippen LogP contribution < -0.4 is 15.2 Å². The van der Waals surface area contributed by atoms with E-state index in [1.807, 2.05) is 0 Å². The number of aromatic nitrogens is 2. The molecule has 2 heterocycles. The average Bonchev–Trinajstić information content (AvgIpc) is 3.40. The smallest absolute Gasteiger partial charge is 0.416 e. The Hall–Kier alpha value is -3.63. The number of alkyl halides is 3. The molecule has 2 aromatic carbocycles. The lowest BCUT2D eigenvalue weighted by molar-refractivity contribution is -0.137. The van der Waals surface area contributed by atoms with Crippen molar-refractivity contribution in [2.75, 3.05) is 27.3 Å². The van der Waals surface area contributed by atoms with Crippen LogP contribution in [0.25, 0.3) is 11.0 Å². The molecule has 1 saturated heterocycles. The van der Waals surface area contributed by atoms with E-state index in [4.69, 9.17) is 14.2 Å². The van der Waals surface area contributed by atoms with Crippen LogP contribution in [0.2, 0.25) is 0 Å². The predicted octanol–water partition coefficient (Wildman–Crippen LogP) is 5.07. The van der Waals surface area contributed by atoms with Gasteiger partial charge in [0.1, 0.15) is 5.60 Å². The van der Waals surface area contributed by atoms with Crippen LogP contribution in [0.15, 0.2) is 41.2 Å². The highest BCUT2D eigenvalue weighted by Gasteiger charge is 2.35. The number of hydrogen-bond acceptors (Lipinski definition) is 5. The molecule has 1 atom stereocenters. The largest absolute Gasteiger partial charge is 0.493 e. The lowest BCUT2D eigenvalue weighted by atomic mass is 10.1. The van der Waals surface area contributed by atoms with Crippen molar-refractivity contribution in [2.24, 2.45) is 0 Å². The fourth-order valence-electron chi connectivity index (χ4n) is 4.57. The van der Waals surface area contributed by atoms with Crippen LogP contribution in [0.3, 0.4) is 0 Å². The first-order valence-corrected chi connectivity index (χ1v) is 11.8. The zero-order valence-corrected chi connectivity index (χ0v) is 21.4. The molecule has 3 aromatic rings. The first-order chi connectivity index (χ1) is 17.3. The van der Waals surface area contributed by atoms with Crippen molar-refractivity contribution in [3.8, 4) is 11.5 Å². The van der Waals surface area contributed by atoms with Crippen molar-refractivity contribution in [3.63, 3.8) is 0 Å². The highest BCUT2D eigenvalue weighted by molar-refractivity contribution is 5.78. The molecule has 0 bridgehead atoms. The van der Waals surface area contributed by atoms with Gasteiger partial charge in [-0.2, -0.15) is 13.2 Å².